The van der Waals surface area contributed by atoms with Crippen molar-refractivity contribution in [3.05, 3.63) is 64.4 Å². The van der Waals surface area contributed by atoms with Crippen LogP contribution in [0.4, 0.5) is 4.39 Å². The van der Waals surface area contributed by atoms with Crippen molar-refractivity contribution in [2.24, 2.45) is 0 Å². The number of benzene rings is 2. The molecule has 2 rings (SSSR count). The second kappa shape index (κ2) is 6.70. The molecule has 3 nitrogen and oxygen atoms in total. The quantitative estimate of drug-likeness (QED) is 0.619. The lowest BCUT2D eigenvalue weighted by atomic mass is 10.0. The summed E-state index contributed by atoms with van der Waals surface area (Å²) in [4.78, 5) is 23.1. The Bertz CT molecular complexity index is 684. The topological polar surface area (TPSA) is 43.4 Å². The first-order valence-electron chi connectivity index (χ1n) is 5.88. The van der Waals surface area contributed by atoms with Gasteiger partial charge >= 0.3 is 0 Å². The van der Waals surface area contributed by atoms with Gasteiger partial charge in [0, 0.05) is 10.6 Å². The molecule has 0 unspecified atom stereocenters. The molecule has 0 spiro atoms. The lowest BCUT2D eigenvalue weighted by molar-refractivity contribution is -0.113. The third kappa shape index (κ3) is 4.03. The number of ketones is 1. The third-order valence-corrected chi connectivity index (χ3v) is 2.99. The summed E-state index contributed by atoms with van der Waals surface area (Å²) < 4.78 is 18.5. The van der Waals surface area contributed by atoms with E-state index in [0.29, 0.717) is 10.6 Å². The fraction of sp³-hybridized carbons (Fsp3) is 0.0667. The summed E-state index contributed by atoms with van der Waals surface area (Å²) in [7, 11) is 0. The van der Waals surface area contributed by atoms with Crippen molar-refractivity contribution in [1.82, 2.24) is 0 Å². The summed E-state index contributed by atoms with van der Waals surface area (Å²) >= 11 is 10.9. The molecule has 21 heavy (non-hydrogen) atoms. The van der Waals surface area contributed by atoms with Crippen molar-refractivity contribution in [2.45, 2.75) is 0 Å². The number of carbonyl (C=O) groups is 2. The molecule has 0 aliphatic carbocycles. The maximum atomic E-state index is 13.4. The average molecular weight is 327 g/mol. The molecule has 0 amide bonds. The summed E-state index contributed by atoms with van der Waals surface area (Å²) in [6.45, 7) is -0.409. The molecule has 0 atom stereocenters. The van der Waals surface area contributed by atoms with Gasteiger partial charge in [0.1, 0.15) is 11.6 Å². The lowest BCUT2D eigenvalue weighted by Crippen LogP contribution is -2.10. The van der Waals surface area contributed by atoms with Gasteiger partial charge in [-0.05, 0) is 54.1 Å². The van der Waals surface area contributed by atoms with Gasteiger partial charge in [0.25, 0.3) is 5.24 Å². The molecule has 0 radical (unpaired) electrons. The van der Waals surface area contributed by atoms with Gasteiger partial charge in [-0.3, -0.25) is 9.59 Å². The Balaban J connectivity index is 2.36. The van der Waals surface area contributed by atoms with Gasteiger partial charge in [-0.15, -0.1) is 0 Å². The largest absolute Gasteiger partial charge is 0.484 e. The van der Waals surface area contributed by atoms with E-state index in [1.165, 1.54) is 18.2 Å². The Morgan fingerprint density at radius 3 is 2.38 bits per heavy atom. The van der Waals surface area contributed by atoms with Crippen LogP contribution in [0.3, 0.4) is 0 Å². The SMILES string of the molecule is O=C(Cl)COc1ccc(F)cc1C(=O)c1ccc(Cl)cc1. The number of carbonyl (C=O) groups excluding carboxylic acids is 2. The van der Waals surface area contributed by atoms with Gasteiger partial charge in [-0.1, -0.05) is 11.6 Å². The van der Waals surface area contributed by atoms with Crippen molar-refractivity contribution in [2.75, 3.05) is 6.61 Å². The molecule has 2 aromatic rings. The molecular weight excluding hydrogens is 318 g/mol. The van der Waals surface area contributed by atoms with Crippen molar-refractivity contribution < 1.29 is 18.7 Å². The Morgan fingerprint density at radius 2 is 1.76 bits per heavy atom. The van der Waals surface area contributed by atoms with Crippen molar-refractivity contribution in [1.29, 1.82) is 0 Å². The molecule has 0 N–H and O–H groups in total. The van der Waals surface area contributed by atoms with E-state index in [-0.39, 0.29) is 11.3 Å². The van der Waals surface area contributed by atoms with Crippen LogP contribution >= 0.6 is 23.2 Å². The highest BCUT2D eigenvalue weighted by Crippen LogP contribution is 2.24. The monoisotopic (exact) mass is 326 g/mol. The van der Waals surface area contributed by atoms with Crippen molar-refractivity contribution in [3.63, 3.8) is 0 Å². The van der Waals surface area contributed by atoms with Gasteiger partial charge in [-0.25, -0.2) is 4.39 Å². The van der Waals surface area contributed by atoms with Gasteiger partial charge in [0.05, 0.1) is 5.56 Å². The minimum absolute atomic E-state index is 0.00948. The highest BCUT2D eigenvalue weighted by atomic mass is 35.5. The zero-order valence-electron chi connectivity index (χ0n) is 10.6. The summed E-state index contributed by atoms with van der Waals surface area (Å²) in [5.74, 6) is -0.939. The highest BCUT2D eigenvalue weighted by Gasteiger charge is 2.16. The smallest absolute Gasteiger partial charge is 0.259 e. The van der Waals surface area contributed by atoms with Crippen LogP contribution in [0.2, 0.25) is 5.02 Å². The van der Waals surface area contributed by atoms with Crippen LogP contribution in [0.25, 0.3) is 0 Å². The minimum Gasteiger partial charge on any atom is -0.484 e. The van der Waals surface area contributed by atoms with E-state index in [9.17, 15) is 14.0 Å². The molecule has 0 saturated carbocycles. The third-order valence-electron chi connectivity index (χ3n) is 2.63. The first-order chi connectivity index (χ1) is 9.97. The van der Waals surface area contributed by atoms with E-state index in [1.54, 1.807) is 12.1 Å². The van der Waals surface area contributed by atoms with Crippen LogP contribution in [0.5, 0.6) is 5.75 Å². The van der Waals surface area contributed by atoms with Crippen LogP contribution in [0.1, 0.15) is 15.9 Å². The molecule has 0 heterocycles. The van der Waals surface area contributed by atoms with Crippen molar-refractivity contribution >= 4 is 34.2 Å². The van der Waals surface area contributed by atoms with E-state index in [4.69, 9.17) is 27.9 Å². The second-order valence-electron chi connectivity index (χ2n) is 4.12. The summed E-state index contributed by atoms with van der Waals surface area (Å²) in [5.41, 5.74) is 0.335. The molecule has 6 heteroatoms. The maximum Gasteiger partial charge on any atom is 0.259 e. The predicted octanol–water partition coefficient (Wildman–Crippen LogP) is 3.85. The highest BCUT2D eigenvalue weighted by molar-refractivity contribution is 6.63. The number of hydrogen-bond acceptors (Lipinski definition) is 3. The summed E-state index contributed by atoms with van der Waals surface area (Å²) in [6.07, 6.45) is 0. The summed E-state index contributed by atoms with van der Waals surface area (Å²) in [6, 6.07) is 9.60. The second-order valence-corrected chi connectivity index (χ2v) is 4.98. The first-order valence-corrected chi connectivity index (χ1v) is 6.64. The first kappa shape index (κ1) is 15.5. The maximum absolute atomic E-state index is 13.4. The average Bonchev–Trinajstić information content (AvgIpc) is 2.46. The number of ether oxygens (including phenoxy) is 1. The van der Waals surface area contributed by atoms with Crippen LogP contribution in [0.15, 0.2) is 42.5 Å². The fourth-order valence-electron chi connectivity index (χ4n) is 1.70. The molecule has 2 aromatic carbocycles. The van der Waals surface area contributed by atoms with E-state index in [1.807, 2.05) is 0 Å². The van der Waals surface area contributed by atoms with E-state index >= 15 is 0 Å². The Kier molecular flexibility index (Phi) is 4.94. The van der Waals surface area contributed by atoms with Gasteiger partial charge < -0.3 is 4.74 Å². The number of rotatable bonds is 5. The summed E-state index contributed by atoms with van der Waals surface area (Å²) in [5, 5.41) is -0.237. The number of halogens is 3. The molecule has 0 aromatic heterocycles. The normalized spacial score (nSPS) is 10.2. The minimum atomic E-state index is -0.718. The van der Waals surface area contributed by atoms with Gasteiger partial charge in [0.15, 0.2) is 12.4 Å². The fourth-order valence-corrected chi connectivity index (χ4v) is 1.88. The zero-order valence-corrected chi connectivity index (χ0v) is 12.1. The van der Waals surface area contributed by atoms with Crippen LogP contribution in [0, 0.1) is 5.82 Å². The standard InChI is InChI=1S/C15H9Cl2FO3/c16-10-3-1-9(2-4-10)15(20)12-7-11(18)5-6-13(12)21-8-14(17)19/h1-7H,8H2. The molecule has 0 saturated heterocycles. The molecule has 0 aliphatic rings. The van der Waals surface area contributed by atoms with Gasteiger partial charge in [0.2, 0.25) is 0 Å². The Hall–Kier alpha value is -1.91. The molecule has 0 aliphatic heterocycles. The Morgan fingerprint density at radius 1 is 1.10 bits per heavy atom. The molecule has 0 fully saturated rings. The van der Waals surface area contributed by atoms with E-state index in [2.05, 4.69) is 0 Å². The van der Waals surface area contributed by atoms with Crippen LogP contribution < -0.4 is 4.74 Å². The Labute approximate surface area is 130 Å². The van der Waals surface area contributed by atoms with E-state index in [0.717, 1.165) is 12.1 Å². The van der Waals surface area contributed by atoms with Crippen molar-refractivity contribution in [3.8, 4) is 5.75 Å². The van der Waals surface area contributed by atoms with Crippen LogP contribution in [-0.4, -0.2) is 17.6 Å². The molecule has 108 valence electrons. The molecule has 0 bridgehead atoms. The van der Waals surface area contributed by atoms with Gasteiger partial charge in [-0.2, -0.15) is 0 Å². The van der Waals surface area contributed by atoms with Crippen LogP contribution in [-0.2, 0) is 4.79 Å². The predicted molar refractivity (Wildman–Crippen MR) is 77.6 cm³/mol. The lowest BCUT2D eigenvalue weighted by Gasteiger charge is -2.09. The van der Waals surface area contributed by atoms with E-state index < -0.39 is 23.4 Å². The number of hydrogen-bond donors (Lipinski definition) is 0. The zero-order chi connectivity index (χ0) is 15.4. The molecular formula is C15H9Cl2FO3.